The van der Waals surface area contributed by atoms with E-state index in [1.807, 2.05) is 0 Å². The second-order valence-electron chi connectivity index (χ2n) is 4.37. The topological polar surface area (TPSA) is 58.2 Å². The summed E-state index contributed by atoms with van der Waals surface area (Å²) in [5, 5.41) is 3.61. The van der Waals surface area contributed by atoms with Crippen LogP contribution >= 0.6 is 23.2 Å². The predicted octanol–water partition coefficient (Wildman–Crippen LogP) is 3.51. The highest BCUT2D eigenvalue weighted by atomic mass is 35.5. The molecule has 0 aliphatic rings. The third-order valence-corrected chi connectivity index (χ3v) is 5.02. The first kappa shape index (κ1) is 16.1. The number of halogens is 2. The predicted molar refractivity (Wildman–Crippen MR) is 86.5 cm³/mol. The number of nitrogens with one attached hydrogen (secondary N) is 2. The Balaban J connectivity index is 2.36. The number of hydrogen-bond acceptors (Lipinski definition) is 3. The molecule has 2 N–H and O–H groups in total. The van der Waals surface area contributed by atoms with E-state index in [0.717, 1.165) is 0 Å². The van der Waals surface area contributed by atoms with E-state index in [1.165, 1.54) is 6.07 Å². The number of anilines is 1. The van der Waals surface area contributed by atoms with Gasteiger partial charge in [-0.05, 0) is 36.9 Å². The Morgan fingerprint density at radius 2 is 1.76 bits per heavy atom. The van der Waals surface area contributed by atoms with Gasteiger partial charge in [-0.15, -0.1) is 0 Å². The molecule has 2 aromatic rings. The third-order valence-electron chi connectivity index (χ3n) is 2.80. The fourth-order valence-corrected chi connectivity index (χ4v) is 3.46. The van der Waals surface area contributed by atoms with Crippen LogP contribution in [0.1, 0.15) is 5.56 Å². The van der Waals surface area contributed by atoms with Crippen LogP contribution in [0.15, 0.2) is 47.4 Å². The van der Waals surface area contributed by atoms with E-state index in [-0.39, 0.29) is 4.90 Å². The van der Waals surface area contributed by atoms with Crippen LogP contribution < -0.4 is 10.0 Å². The summed E-state index contributed by atoms with van der Waals surface area (Å²) >= 11 is 11.7. The van der Waals surface area contributed by atoms with Crippen LogP contribution in [0.4, 0.5) is 5.69 Å². The van der Waals surface area contributed by atoms with E-state index >= 15 is 0 Å². The Labute approximate surface area is 134 Å². The van der Waals surface area contributed by atoms with Crippen molar-refractivity contribution >= 4 is 38.9 Å². The monoisotopic (exact) mass is 344 g/mol. The van der Waals surface area contributed by atoms with Gasteiger partial charge in [0.15, 0.2) is 0 Å². The minimum Gasteiger partial charge on any atom is -0.316 e. The molecular formula is C14H14Cl2N2O2S. The largest absolute Gasteiger partial charge is 0.316 e. The molecule has 0 saturated heterocycles. The lowest BCUT2D eigenvalue weighted by molar-refractivity contribution is 0.599. The van der Waals surface area contributed by atoms with Crippen molar-refractivity contribution in [1.29, 1.82) is 0 Å². The molecule has 0 saturated carbocycles. The van der Waals surface area contributed by atoms with Gasteiger partial charge in [-0.3, -0.25) is 4.72 Å². The first-order valence-corrected chi connectivity index (χ1v) is 8.38. The summed E-state index contributed by atoms with van der Waals surface area (Å²) < 4.78 is 27.5. The zero-order chi connectivity index (χ0) is 15.5. The molecule has 0 unspecified atom stereocenters. The first-order valence-electron chi connectivity index (χ1n) is 6.14. The van der Waals surface area contributed by atoms with E-state index in [0.29, 0.717) is 27.8 Å². The van der Waals surface area contributed by atoms with Gasteiger partial charge in [-0.25, -0.2) is 8.42 Å². The molecule has 2 rings (SSSR count). The molecule has 0 aromatic heterocycles. The summed E-state index contributed by atoms with van der Waals surface area (Å²) in [6.07, 6.45) is 0. The number of sulfonamides is 1. The van der Waals surface area contributed by atoms with Crippen LogP contribution in [0.5, 0.6) is 0 Å². The van der Waals surface area contributed by atoms with Gasteiger partial charge in [-0.2, -0.15) is 0 Å². The Morgan fingerprint density at radius 3 is 2.43 bits per heavy atom. The first-order chi connectivity index (χ1) is 9.94. The quantitative estimate of drug-likeness (QED) is 0.872. The Kier molecular flexibility index (Phi) is 5.11. The Hall–Kier alpha value is -1.27. The third kappa shape index (κ3) is 3.89. The zero-order valence-corrected chi connectivity index (χ0v) is 13.6. The van der Waals surface area contributed by atoms with E-state index in [1.54, 1.807) is 43.4 Å². The molecule has 0 aliphatic carbocycles. The van der Waals surface area contributed by atoms with Crippen molar-refractivity contribution in [2.24, 2.45) is 0 Å². The molecule has 4 nitrogen and oxygen atoms in total. The zero-order valence-electron chi connectivity index (χ0n) is 11.2. The van der Waals surface area contributed by atoms with Gasteiger partial charge in [0.1, 0.15) is 0 Å². The van der Waals surface area contributed by atoms with Gasteiger partial charge in [0.05, 0.1) is 20.6 Å². The Bertz CT molecular complexity index is 748. The van der Waals surface area contributed by atoms with Crippen LogP contribution in [-0.4, -0.2) is 15.5 Å². The maximum absolute atomic E-state index is 12.5. The van der Waals surface area contributed by atoms with Gasteiger partial charge in [0, 0.05) is 6.54 Å². The van der Waals surface area contributed by atoms with Gasteiger partial charge < -0.3 is 5.32 Å². The molecule has 0 bridgehead atoms. The summed E-state index contributed by atoms with van der Waals surface area (Å²) in [7, 11) is -1.93. The normalized spacial score (nSPS) is 11.4. The highest BCUT2D eigenvalue weighted by Gasteiger charge is 2.18. The maximum atomic E-state index is 12.5. The molecule has 7 heteroatoms. The number of rotatable bonds is 5. The lowest BCUT2D eigenvalue weighted by Crippen LogP contribution is -2.17. The molecule has 0 spiro atoms. The highest BCUT2D eigenvalue weighted by Crippen LogP contribution is 2.27. The van der Waals surface area contributed by atoms with Crippen molar-refractivity contribution in [2.45, 2.75) is 11.4 Å². The van der Waals surface area contributed by atoms with E-state index in [4.69, 9.17) is 23.2 Å². The van der Waals surface area contributed by atoms with Gasteiger partial charge in [-0.1, -0.05) is 41.4 Å². The SMILES string of the molecule is CNCc1ccccc1S(=O)(=O)Nc1ccc(Cl)c(Cl)c1. The number of benzene rings is 2. The summed E-state index contributed by atoms with van der Waals surface area (Å²) in [4.78, 5) is 0.227. The molecule has 0 heterocycles. The van der Waals surface area contributed by atoms with Crippen molar-refractivity contribution in [3.63, 3.8) is 0 Å². The van der Waals surface area contributed by atoms with Crippen molar-refractivity contribution in [3.8, 4) is 0 Å². The van der Waals surface area contributed by atoms with Crippen molar-refractivity contribution in [2.75, 3.05) is 11.8 Å². The average molecular weight is 345 g/mol. The number of hydrogen-bond donors (Lipinski definition) is 2. The molecule has 0 atom stereocenters. The molecule has 0 radical (unpaired) electrons. The van der Waals surface area contributed by atoms with Gasteiger partial charge in [0.2, 0.25) is 0 Å². The van der Waals surface area contributed by atoms with E-state index < -0.39 is 10.0 Å². The standard InChI is InChI=1S/C14H14Cl2N2O2S/c1-17-9-10-4-2-3-5-14(10)21(19,20)18-11-6-7-12(15)13(16)8-11/h2-8,17-18H,9H2,1H3. The molecule has 112 valence electrons. The fourth-order valence-electron chi connectivity index (χ4n) is 1.87. The summed E-state index contributed by atoms with van der Waals surface area (Å²) in [5.41, 5.74) is 1.05. The van der Waals surface area contributed by atoms with Gasteiger partial charge >= 0.3 is 0 Å². The minimum atomic E-state index is -3.69. The van der Waals surface area contributed by atoms with Crippen molar-refractivity contribution < 1.29 is 8.42 Å². The lowest BCUT2D eigenvalue weighted by Gasteiger charge is -2.12. The van der Waals surface area contributed by atoms with E-state index in [2.05, 4.69) is 10.0 Å². The summed E-state index contributed by atoms with van der Waals surface area (Å²) in [6.45, 7) is 0.457. The van der Waals surface area contributed by atoms with Crippen LogP contribution in [0.25, 0.3) is 0 Å². The lowest BCUT2D eigenvalue weighted by atomic mass is 10.2. The van der Waals surface area contributed by atoms with Crippen LogP contribution in [0.2, 0.25) is 10.0 Å². The maximum Gasteiger partial charge on any atom is 0.262 e. The molecule has 0 aliphatic heterocycles. The average Bonchev–Trinajstić information content (AvgIpc) is 2.43. The molecule has 2 aromatic carbocycles. The van der Waals surface area contributed by atoms with Crippen molar-refractivity contribution in [1.82, 2.24) is 5.32 Å². The molecular weight excluding hydrogens is 331 g/mol. The van der Waals surface area contributed by atoms with Gasteiger partial charge in [0.25, 0.3) is 10.0 Å². The van der Waals surface area contributed by atoms with E-state index in [9.17, 15) is 8.42 Å². The summed E-state index contributed by atoms with van der Waals surface area (Å²) in [6, 6.07) is 11.4. The molecule has 0 fully saturated rings. The van der Waals surface area contributed by atoms with Crippen LogP contribution in [0, 0.1) is 0 Å². The minimum absolute atomic E-state index is 0.227. The second-order valence-corrected chi connectivity index (χ2v) is 6.84. The Morgan fingerprint density at radius 1 is 1.05 bits per heavy atom. The highest BCUT2D eigenvalue weighted by molar-refractivity contribution is 7.92. The summed E-state index contributed by atoms with van der Waals surface area (Å²) in [5.74, 6) is 0. The molecule has 21 heavy (non-hydrogen) atoms. The fraction of sp³-hybridized carbons (Fsp3) is 0.143. The smallest absolute Gasteiger partial charge is 0.262 e. The molecule has 0 amide bonds. The second kappa shape index (κ2) is 6.66. The van der Waals surface area contributed by atoms with Crippen LogP contribution in [-0.2, 0) is 16.6 Å². The van der Waals surface area contributed by atoms with Crippen LogP contribution in [0.3, 0.4) is 0 Å². The van der Waals surface area contributed by atoms with Crippen molar-refractivity contribution in [3.05, 3.63) is 58.1 Å².